The molecule has 0 radical (unpaired) electrons. The standard InChI is InChI=1S/C24H38N2O3/c1-4-29-24(13-5-7-19(2)17-24)23(27)25-21-9-11-22(12-10-21)28-16-15-26-14-6-8-20(3)18-26/h9-12,19-20H,4-8,13-18H2,1-3H3,(H,25,27). The summed E-state index contributed by atoms with van der Waals surface area (Å²) in [5.74, 6) is 2.14. The van der Waals surface area contributed by atoms with Gasteiger partial charge >= 0.3 is 0 Å². The molecular formula is C24H38N2O3. The highest BCUT2D eigenvalue weighted by atomic mass is 16.5. The predicted octanol–water partition coefficient (Wildman–Crippen LogP) is 4.72. The predicted molar refractivity (Wildman–Crippen MR) is 117 cm³/mol. The first-order valence-corrected chi connectivity index (χ1v) is 11.4. The molecule has 1 aromatic carbocycles. The summed E-state index contributed by atoms with van der Waals surface area (Å²) >= 11 is 0. The summed E-state index contributed by atoms with van der Waals surface area (Å²) in [6, 6.07) is 7.71. The first kappa shape index (κ1) is 22.1. The molecule has 0 aromatic heterocycles. The molecule has 1 saturated heterocycles. The van der Waals surface area contributed by atoms with Crippen molar-refractivity contribution in [3.8, 4) is 5.75 Å². The number of piperidine rings is 1. The summed E-state index contributed by atoms with van der Waals surface area (Å²) in [4.78, 5) is 15.5. The minimum Gasteiger partial charge on any atom is -0.492 e. The van der Waals surface area contributed by atoms with Gasteiger partial charge in [-0.2, -0.15) is 0 Å². The van der Waals surface area contributed by atoms with Crippen molar-refractivity contribution in [3.63, 3.8) is 0 Å². The molecular weight excluding hydrogens is 364 g/mol. The third-order valence-electron chi connectivity index (χ3n) is 6.32. The highest BCUT2D eigenvalue weighted by Gasteiger charge is 2.42. The normalized spacial score (nSPS) is 28.1. The summed E-state index contributed by atoms with van der Waals surface area (Å²) in [5, 5.41) is 3.07. The van der Waals surface area contributed by atoms with Gasteiger partial charge in [-0.25, -0.2) is 0 Å². The summed E-state index contributed by atoms with van der Waals surface area (Å²) in [6.45, 7) is 11.1. The van der Waals surface area contributed by atoms with Gasteiger partial charge in [-0.1, -0.05) is 20.3 Å². The molecule has 1 aromatic rings. The second-order valence-corrected chi connectivity index (χ2v) is 9.00. The van der Waals surface area contributed by atoms with E-state index in [0.717, 1.165) is 43.2 Å². The molecule has 1 heterocycles. The largest absolute Gasteiger partial charge is 0.492 e. The van der Waals surface area contributed by atoms with E-state index in [1.807, 2.05) is 31.2 Å². The van der Waals surface area contributed by atoms with Gasteiger partial charge in [-0.3, -0.25) is 9.69 Å². The second kappa shape index (κ2) is 10.4. The third-order valence-corrected chi connectivity index (χ3v) is 6.32. The summed E-state index contributed by atoms with van der Waals surface area (Å²) in [7, 11) is 0. The molecule has 5 nitrogen and oxygen atoms in total. The van der Waals surface area contributed by atoms with E-state index in [1.165, 1.54) is 32.4 Å². The number of hydrogen-bond donors (Lipinski definition) is 1. The van der Waals surface area contributed by atoms with E-state index in [1.54, 1.807) is 0 Å². The van der Waals surface area contributed by atoms with E-state index < -0.39 is 5.60 Å². The fraction of sp³-hybridized carbons (Fsp3) is 0.708. The quantitative estimate of drug-likeness (QED) is 0.683. The Kier molecular flexibility index (Phi) is 7.96. The van der Waals surface area contributed by atoms with Gasteiger partial charge in [0.25, 0.3) is 5.91 Å². The number of nitrogens with zero attached hydrogens (tertiary/aromatic N) is 1. The Morgan fingerprint density at radius 3 is 2.62 bits per heavy atom. The molecule has 1 aliphatic carbocycles. The lowest BCUT2D eigenvalue weighted by molar-refractivity contribution is -0.147. The first-order chi connectivity index (χ1) is 14.0. The van der Waals surface area contributed by atoms with Gasteiger partial charge in [0.15, 0.2) is 0 Å². The molecule has 162 valence electrons. The molecule has 2 fully saturated rings. The van der Waals surface area contributed by atoms with Crippen molar-refractivity contribution in [2.45, 2.75) is 64.9 Å². The molecule has 3 atom stereocenters. The highest BCUT2D eigenvalue weighted by molar-refractivity contribution is 5.97. The van der Waals surface area contributed by atoms with Gasteiger partial charge in [0.2, 0.25) is 0 Å². The van der Waals surface area contributed by atoms with Crippen molar-refractivity contribution in [3.05, 3.63) is 24.3 Å². The van der Waals surface area contributed by atoms with Gasteiger partial charge in [0.05, 0.1) is 0 Å². The number of nitrogens with one attached hydrogen (secondary N) is 1. The molecule has 1 aliphatic heterocycles. The zero-order valence-corrected chi connectivity index (χ0v) is 18.4. The van der Waals surface area contributed by atoms with Crippen LogP contribution in [0.5, 0.6) is 5.75 Å². The molecule has 0 spiro atoms. The van der Waals surface area contributed by atoms with Crippen molar-refractivity contribution >= 4 is 11.6 Å². The van der Waals surface area contributed by atoms with Crippen molar-refractivity contribution in [2.75, 3.05) is 38.2 Å². The Labute approximate surface area is 176 Å². The Hall–Kier alpha value is -1.59. The van der Waals surface area contributed by atoms with Crippen LogP contribution in [0.15, 0.2) is 24.3 Å². The van der Waals surface area contributed by atoms with Crippen molar-refractivity contribution in [1.82, 2.24) is 4.90 Å². The van der Waals surface area contributed by atoms with Crippen LogP contribution in [-0.4, -0.2) is 49.3 Å². The number of benzene rings is 1. The van der Waals surface area contributed by atoms with Crippen molar-refractivity contribution in [2.24, 2.45) is 11.8 Å². The smallest absolute Gasteiger partial charge is 0.256 e. The van der Waals surface area contributed by atoms with Crippen molar-refractivity contribution in [1.29, 1.82) is 0 Å². The minimum absolute atomic E-state index is 0.0150. The number of carbonyl (C=O) groups excluding carboxylic acids is 1. The number of ether oxygens (including phenoxy) is 2. The molecule has 1 saturated carbocycles. The van der Waals surface area contributed by atoms with Crippen LogP contribution in [0, 0.1) is 11.8 Å². The summed E-state index contributed by atoms with van der Waals surface area (Å²) in [5.41, 5.74) is 0.109. The number of anilines is 1. The molecule has 3 rings (SSSR count). The van der Waals surface area contributed by atoms with Gasteiger partial charge in [-0.05, 0) is 81.7 Å². The maximum Gasteiger partial charge on any atom is 0.256 e. The third kappa shape index (κ3) is 6.19. The molecule has 5 heteroatoms. The van der Waals surface area contributed by atoms with Gasteiger partial charge < -0.3 is 14.8 Å². The Balaban J connectivity index is 1.49. The zero-order valence-electron chi connectivity index (χ0n) is 18.4. The zero-order chi connectivity index (χ0) is 20.7. The number of carbonyl (C=O) groups is 1. The number of hydrogen-bond acceptors (Lipinski definition) is 4. The molecule has 29 heavy (non-hydrogen) atoms. The van der Waals surface area contributed by atoms with E-state index in [2.05, 4.69) is 24.1 Å². The highest BCUT2D eigenvalue weighted by Crippen LogP contribution is 2.36. The monoisotopic (exact) mass is 402 g/mol. The molecule has 1 amide bonds. The Bertz CT molecular complexity index is 644. The van der Waals surface area contributed by atoms with E-state index in [-0.39, 0.29) is 5.91 Å². The lowest BCUT2D eigenvalue weighted by Crippen LogP contribution is -2.48. The van der Waals surface area contributed by atoms with Crippen LogP contribution in [0.1, 0.15) is 59.3 Å². The lowest BCUT2D eigenvalue weighted by Gasteiger charge is -2.38. The van der Waals surface area contributed by atoms with E-state index >= 15 is 0 Å². The first-order valence-electron chi connectivity index (χ1n) is 11.4. The molecule has 1 N–H and O–H groups in total. The van der Waals surface area contributed by atoms with E-state index in [0.29, 0.717) is 19.1 Å². The van der Waals surface area contributed by atoms with Crippen LogP contribution < -0.4 is 10.1 Å². The van der Waals surface area contributed by atoms with E-state index in [9.17, 15) is 4.79 Å². The Morgan fingerprint density at radius 1 is 1.17 bits per heavy atom. The van der Waals surface area contributed by atoms with Crippen molar-refractivity contribution < 1.29 is 14.3 Å². The van der Waals surface area contributed by atoms with Crippen LogP contribution in [0.4, 0.5) is 5.69 Å². The maximum absolute atomic E-state index is 13.0. The minimum atomic E-state index is -0.687. The summed E-state index contributed by atoms with van der Waals surface area (Å²) < 4.78 is 11.9. The van der Waals surface area contributed by atoms with Gasteiger partial charge in [-0.15, -0.1) is 0 Å². The number of amides is 1. The number of likely N-dealkylation sites (tertiary alicyclic amines) is 1. The molecule has 3 unspecified atom stereocenters. The Morgan fingerprint density at radius 2 is 1.93 bits per heavy atom. The SMILES string of the molecule is CCOC1(C(=O)Nc2ccc(OCCN3CCCC(C)C3)cc2)CCCC(C)C1. The van der Waals surface area contributed by atoms with Crippen LogP contribution in [0.2, 0.25) is 0 Å². The van der Waals surface area contributed by atoms with E-state index in [4.69, 9.17) is 9.47 Å². The molecule has 0 bridgehead atoms. The van der Waals surface area contributed by atoms with Gasteiger partial charge in [0.1, 0.15) is 18.0 Å². The van der Waals surface area contributed by atoms with Crippen LogP contribution in [0.25, 0.3) is 0 Å². The molecule has 2 aliphatic rings. The summed E-state index contributed by atoms with van der Waals surface area (Å²) in [6.07, 6.45) is 6.43. The van der Waals surface area contributed by atoms with Crippen LogP contribution >= 0.6 is 0 Å². The lowest BCUT2D eigenvalue weighted by atomic mass is 9.78. The average molecular weight is 403 g/mol. The topological polar surface area (TPSA) is 50.8 Å². The average Bonchev–Trinajstić information content (AvgIpc) is 2.69. The van der Waals surface area contributed by atoms with Gasteiger partial charge in [0, 0.05) is 25.4 Å². The fourth-order valence-electron chi connectivity index (χ4n) is 4.84. The van der Waals surface area contributed by atoms with Crippen LogP contribution in [0.3, 0.4) is 0 Å². The fourth-order valence-corrected chi connectivity index (χ4v) is 4.84. The number of rotatable bonds is 8. The maximum atomic E-state index is 13.0. The van der Waals surface area contributed by atoms with Crippen LogP contribution in [-0.2, 0) is 9.53 Å². The second-order valence-electron chi connectivity index (χ2n) is 9.00.